The van der Waals surface area contributed by atoms with Crippen molar-refractivity contribution in [2.24, 2.45) is 0 Å². The van der Waals surface area contributed by atoms with Gasteiger partial charge in [-0.05, 0) is 53.2 Å². The fraction of sp³-hybridized carbons (Fsp3) is 0.211. The van der Waals surface area contributed by atoms with E-state index in [1.807, 2.05) is 0 Å². The zero-order chi connectivity index (χ0) is 25.0. The van der Waals surface area contributed by atoms with Crippen LogP contribution in [0.15, 0.2) is 47.3 Å². The molecule has 0 aliphatic rings. The molecular weight excluding hydrogens is 511 g/mol. The minimum Gasteiger partial charge on any atom is -0.478 e. The maximum atomic E-state index is 13.2. The largest absolute Gasteiger partial charge is 0.478 e. The summed E-state index contributed by atoms with van der Waals surface area (Å²) in [5.74, 6) is -1.16. The number of carbonyl (C=O) groups is 2. The number of hydrogen-bond donors (Lipinski definition) is 2. The van der Waals surface area contributed by atoms with E-state index in [1.54, 1.807) is 6.07 Å². The van der Waals surface area contributed by atoms with Gasteiger partial charge in [0, 0.05) is 18.8 Å². The number of aromatic carboxylic acids is 1. The Hall–Kier alpha value is -3.26. The van der Waals surface area contributed by atoms with Gasteiger partial charge in [0.15, 0.2) is 0 Å². The second-order valence-corrected chi connectivity index (χ2v) is 9.61. The minimum absolute atomic E-state index is 0.00800. The number of tetrazole rings is 1. The highest BCUT2D eigenvalue weighted by Gasteiger charge is 2.24. The lowest BCUT2D eigenvalue weighted by atomic mass is 10.2. The molecule has 0 unspecified atom stereocenters. The number of carboxylic acid groups (broad SMARTS) is 1. The average Bonchev–Trinajstić information content (AvgIpc) is 3.13. The summed E-state index contributed by atoms with van der Waals surface area (Å²) >= 11 is 12.2. The van der Waals surface area contributed by atoms with Crippen LogP contribution in [0, 0.1) is 0 Å². The molecule has 0 saturated carbocycles. The molecule has 3 rings (SSSR count). The lowest BCUT2D eigenvalue weighted by Crippen LogP contribution is -2.42. The lowest BCUT2D eigenvalue weighted by Gasteiger charge is -2.22. The molecule has 2 N–H and O–H groups in total. The number of carbonyl (C=O) groups excluding carboxylic acids is 1. The van der Waals surface area contributed by atoms with Crippen molar-refractivity contribution < 1.29 is 23.1 Å². The molecule has 180 valence electrons. The van der Waals surface area contributed by atoms with Gasteiger partial charge in [0.2, 0.25) is 10.0 Å². The van der Waals surface area contributed by atoms with Crippen molar-refractivity contribution in [1.29, 1.82) is 0 Å². The normalized spacial score (nSPS) is 11.4. The summed E-state index contributed by atoms with van der Waals surface area (Å²) in [6.07, 6.45) is 1.18. The first-order valence-corrected chi connectivity index (χ1v) is 12.2. The van der Waals surface area contributed by atoms with E-state index in [4.69, 9.17) is 28.3 Å². The molecule has 0 saturated heterocycles. The number of benzene rings is 2. The van der Waals surface area contributed by atoms with Crippen LogP contribution < -0.4 is 15.3 Å². The topological polar surface area (TPSA) is 156 Å². The Balaban J connectivity index is 1.95. The van der Waals surface area contributed by atoms with E-state index < -0.39 is 27.7 Å². The third-order valence-electron chi connectivity index (χ3n) is 4.49. The van der Waals surface area contributed by atoms with E-state index in [9.17, 15) is 22.8 Å². The number of rotatable bonds is 8. The summed E-state index contributed by atoms with van der Waals surface area (Å²) in [4.78, 5) is 38.5. The van der Waals surface area contributed by atoms with E-state index in [-0.39, 0.29) is 46.5 Å². The molecule has 0 radical (unpaired) electrons. The number of aromatic nitrogens is 4. The number of carboxylic acids is 1. The van der Waals surface area contributed by atoms with Crippen LogP contribution in [0.5, 0.6) is 0 Å². The van der Waals surface area contributed by atoms with Gasteiger partial charge in [0.1, 0.15) is 5.69 Å². The fourth-order valence-electron chi connectivity index (χ4n) is 2.93. The highest BCUT2D eigenvalue weighted by molar-refractivity contribution is 7.88. The van der Waals surface area contributed by atoms with Crippen LogP contribution >= 0.6 is 23.2 Å². The van der Waals surface area contributed by atoms with Crippen LogP contribution in [0.4, 0.5) is 10.5 Å². The maximum absolute atomic E-state index is 13.2. The predicted octanol–water partition coefficient (Wildman–Crippen LogP) is 1.85. The van der Waals surface area contributed by atoms with Crippen molar-refractivity contribution in [1.82, 2.24) is 24.5 Å². The van der Waals surface area contributed by atoms with E-state index in [0.717, 1.165) is 15.8 Å². The third kappa shape index (κ3) is 5.80. The van der Waals surface area contributed by atoms with Gasteiger partial charge in [-0.1, -0.05) is 29.3 Å². The van der Waals surface area contributed by atoms with Crippen LogP contribution in [0.25, 0.3) is 5.69 Å². The highest BCUT2D eigenvalue weighted by atomic mass is 35.5. The van der Waals surface area contributed by atoms with E-state index in [0.29, 0.717) is 4.68 Å². The summed E-state index contributed by atoms with van der Waals surface area (Å²) in [6.45, 7) is -0.00738. The standard InChI is InChI=1S/C19H18Cl2N6O6S/c1-34(32,33)22-10-3-11-25(13-8-6-12(7-9-13)17(28)29)18(30)27-19(31)26(23-24-27)16-14(20)4-2-5-15(16)21/h2,4-9,22H,3,10-11H2,1H3,(H,28,29). The summed E-state index contributed by atoms with van der Waals surface area (Å²) in [6, 6.07) is 8.98. The molecule has 0 spiro atoms. The van der Waals surface area contributed by atoms with Crippen LogP contribution in [0.1, 0.15) is 16.8 Å². The Morgan fingerprint density at radius 2 is 1.71 bits per heavy atom. The first kappa shape index (κ1) is 25.4. The van der Waals surface area contributed by atoms with Gasteiger partial charge >= 0.3 is 17.7 Å². The summed E-state index contributed by atoms with van der Waals surface area (Å²) in [5, 5.41) is 16.7. The minimum atomic E-state index is -3.44. The molecule has 0 aliphatic carbocycles. The van der Waals surface area contributed by atoms with Gasteiger partial charge in [-0.3, -0.25) is 4.90 Å². The summed E-state index contributed by atoms with van der Waals surface area (Å²) in [7, 11) is -3.44. The second-order valence-electron chi connectivity index (χ2n) is 6.96. The van der Waals surface area contributed by atoms with Crippen molar-refractivity contribution in [2.45, 2.75) is 6.42 Å². The molecule has 15 heteroatoms. The molecule has 0 bridgehead atoms. The fourth-order valence-corrected chi connectivity index (χ4v) is 4.00. The summed E-state index contributed by atoms with van der Waals surface area (Å²) < 4.78 is 26.2. The third-order valence-corrected chi connectivity index (χ3v) is 5.83. The van der Waals surface area contributed by atoms with Gasteiger partial charge in [0.05, 0.1) is 21.9 Å². The second kappa shape index (κ2) is 10.3. The number of para-hydroxylation sites is 1. The number of halogens is 2. The number of hydrogen-bond acceptors (Lipinski definition) is 7. The van der Waals surface area contributed by atoms with Gasteiger partial charge in [-0.2, -0.15) is 4.68 Å². The number of nitrogens with zero attached hydrogens (tertiary/aromatic N) is 5. The highest BCUT2D eigenvalue weighted by Crippen LogP contribution is 2.26. The SMILES string of the molecule is CS(=O)(=O)NCCCN(C(=O)n1nnn(-c2c(Cl)cccc2Cl)c1=O)c1ccc(C(=O)O)cc1. The van der Waals surface area contributed by atoms with E-state index in [1.165, 1.54) is 36.4 Å². The Bertz CT molecular complexity index is 1370. The van der Waals surface area contributed by atoms with Gasteiger partial charge in [0.25, 0.3) is 0 Å². The first-order valence-electron chi connectivity index (χ1n) is 9.59. The number of sulfonamides is 1. The van der Waals surface area contributed by atoms with Crippen molar-refractivity contribution in [3.63, 3.8) is 0 Å². The monoisotopic (exact) mass is 528 g/mol. The molecule has 0 aliphatic heterocycles. The number of nitrogens with one attached hydrogen (secondary N) is 1. The molecule has 0 atom stereocenters. The average molecular weight is 529 g/mol. The van der Waals surface area contributed by atoms with Crippen LogP contribution in [-0.4, -0.2) is 64.7 Å². The zero-order valence-electron chi connectivity index (χ0n) is 17.6. The molecule has 34 heavy (non-hydrogen) atoms. The van der Waals surface area contributed by atoms with Crippen molar-refractivity contribution in [2.75, 3.05) is 24.2 Å². The molecular formula is C19H18Cl2N6O6S. The maximum Gasteiger partial charge on any atom is 0.377 e. The van der Waals surface area contributed by atoms with Crippen LogP contribution in [0.3, 0.4) is 0 Å². The molecule has 12 nitrogen and oxygen atoms in total. The first-order chi connectivity index (χ1) is 16.0. The summed E-state index contributed by atoms with van der Waals surface area (Å²) in [5.41, 5.74) is -0.649. The lowest BCUT2D eigenvalue weighted by molar-refractivity contribution is 0.0697. The molecule has 0 fully saturated rings. The molecule has 1 heterocycles. The van der Waals surface area contributed by atoms with Crippen LogP contribution in [0.2, 0.25) is 10.0 Å². The molecule has 2 aromatic carbocycles. The number of amides is 1. The Labute approximate surface area is 203 Å². The van der Waals surface area contributed by atoms with Gasteiger partial charge in [-0.25, -0.2) is 27.5 Å². The van der Waals surface area contributed by atoms with Gasteiger partial charge < -0.3 is 5.11 Å². The Morgan fingerprint density at radius 1 is 1.09 bits per heavy atom. The zero-order valence-corrected chi connectivity index (χ0v) is 19.9. The van der Waals surface area contributed by atoms with E-state index >= 15 is 0 Å². The molecule has 1 amide bonds. The number of anilines is 1. The molecule has 3 aromatic rings. The van der Waals surface area contributed by atoms with Crippen molar-refractivity contribution in [3.05, 3.63) is 68.6 Å². The predicted molar refractivity (Wildman–Crippen MR) is 125 cm³/mol. The van der Waals surface area contributed by atoms with Crippen molar-refractivity contribution >= 4 is 50.9 Å². The van der Waals surface area contributed by atoms with E-state index in [2.05, 4.69) is 15.1 Å². The molecule has 1 aromatic heterocycles. The van der Waals surface area contributed by atoms with Crippen molar-refractivity contribution in [3.8, 4) is 5.69 Å². The smallest absolute Gasteiger partial charge is 0.377 e. The Morgan fingerprint density at radius 3 is 2.26 bits per heavy atom. The van der Waals surface area contributed by atoms with Gasteiger partial charge in [-0.15, -0.1) is 4.68 Å². The van der Waals surface area contributed by atoms with Crippen LogP contribution in [-0.2, 0) is 10.0 Å². The quantitative estimate of drug-likeness (QED) is 0.331. The Kier molecular flexibility index (Phi) is 7.71.